The monoisotopic (exact) mass is 348 g/mol. The highest BCUT2D eigenvalue weighted by Gasteiger charge is 2.31. The first-order valence-electron chi connectivity index (χ1n) is 8.63. The highest BCUT2D eigenvalue weighted by Crippen LogP contribution is 2.20. The number of allylic oxidation sites excluding steroid dienone is 1. The lowest BCUT2D eigenvalue weighted by molar-refractivity contribution is 0.0490. The van der Waals surface area contributed by atoms with Crippen molar-refractivity contribution in [2.24, 2.45) is 0 Å². The maximum Gasteiger partial charge on any atom is 0.277 e. The normalized spacial score (nSPS) is 17.8. The van der Waals surface area contributed by atoms with Crippen LogP contribution in [0.1, 0.15) is 54.6 Å². The van der Waals surface area contributed by atoms with Gasteiger partial charge in [-0.2, -0.15) is 0 Å². The largest absolute Gasteiger partial charge is 0.364 e. The Morgan fingerprint density at radius 2 is 2.17 bits per heavy atom. The average molecular weight is 348 g/mol. The van der Waals surface area contributed by atoms with E-state index in [9.17, 15) is 4.79 Å². The molecule has 6 nitrogen and oxygen atoms in total. The molecule has 0 radical (unpaired) electrons. The summed E-state index contributed by atoms with van der Waals surface area (Å²) in [4.78, 5) is 12.7. The molecule has 1 fully saturated rings. The molecule has 24 heavy (non-hydrogen) atoms. The van der Waals surface area contributed by atoms with E-state index in [-0.39, 0.29) is 5.91 Å². The molecule has 0 aromatic carbocycles. The van der Waals surface area contributed by atoms with E-state index in [0.29, 0.717) is 22.9 Å². The number of amides is 1. The van der Waals surface area contributed by atoms with E-state index in [1.165, 1.54) is 37.5 Å². The molecule has 1 amide bonds. The third kappa shape index (κ3) is 3.77. The number of carbonyl (C=O) groups is 1. The fourth-order valence-corrected chi connectivity index (χ4v) is 3.52. The number of nitrogens with zero attached hydrogens (tertiary/aromatic N) is 3. The summed E-state index contributed by atoms with van der Waals surface area (Å²) in [5, 5.41) is 11.3. The van der Waals surface area contributed by atoms with Gasteiger partial charge in [-0.1, -0.05) is 16.8 Å². The lowest BCUT2D eigenvalue weighted by atomic mass is 9.97. The van der Waals surface area contributed by atoms with Crippen LogP contribution in [0.3, 0.4) is 0 Å². The number of nitrogens with one attached hydrogen (secondary N) is 1. The van der Waals surface area contributed by atoms with E-state index < -0.39 is 0 Å². The minimum atomic E-state index is -0.106. The first kappa shape index (κ1) is 17.0. The number of thiocarbonyl (C=S) groups is 1. The van der Waals surface area contributed by atoms with Crippen molar-refractivity contribution in [3.63, 3.8) is 0 Å². The summed E-state index contributed by atoms with van der Waals surface area (Å²) in [6.45, 7) is 4.00. The van der Waals surface area contributed by atoms with Crippen LogP contribution in [0.4, 0.5) is 0 Å². The van der Waals surface area contributed by atoms with Crippen LogP contribution >= 0.6 is 12.2 Å². The number of rotatable bonds is 4. The van der Waals surface area contributed by atoms with Crippen LogP contribution in [-0.2, 0) is 0 Å². The number of hydrogen-bond acceptors (Lipinski definition) is 4. The highest BCUT2D eigenvalue weighted by atomic mass is 32.1. The van der Waals surface area contributed by atoms with Crippen molar-refractivity contribution < 1.29 is 9.32 Å². The summed E-state index contributed by atoms with van der Waals surface area (Å²) in [6, 6.07) is 0. The zero-order valence-corrected chi connectivity index (χ0v) is 14.9. The van der Waals surface area contributed by atoms with Crippen LogP contribution in [0.25, 0.3) is 0 Å². The SMILES string of the molecule is Cc1nocc1C(=O)N1CCCN1C(=S)NCCC1=CCCCC1. The molecule has 3 rings (SSSR count). The van der Waals surface area contributed by atoms with Crippen LogP contribution in [0.2, 0.25) is 0 Å². The molecule has 7 heteroatoms. The Balaban J connectivity index is 1.54. The minimum absolute atomic E-state index is 0.106. The first-order valence-corrected chi connectivity index (χ1v) is 9.03. The molecule has 0 spiro atoms. The molecule has 1 aromatic heterocycles. The van der Waals surface area contributed by atoms with Crippen molar-refractivity contribution in [2.75, 3.05) is 19.6 Å². The molecular weight excluding hydrogens is 324 g/mol. The molecule has 1 aliphatic carbocycles. The quantitative estimate of drug-likeness (QED) is 0.667. The standard InChI is InChI=1S/C17H24N4O2S/c1-13-15(12-23-19-13)16(22)20-10-5-11-21(20)17(24)18-9-8-14-6-3-2-4-7-14/h6,12H,2-5,7-11H2,1H3,(H,18,24). The molecule has 2 aliphatic rings. The van der Waals surface area contributed by atoms with Crippen molar-refractivity contribution in [2.45, 2.75) is 45.4 Å². The second kappa shape index (κ2) is 7.79. The third-order valence-corrected chi connectivity index (χ3v) is 4.94. The fourth-order valence-electron chi connectivity index (χ4n) is 3.22. The predicted octanol–water partition coefficient (Wildman–Crippen LogP) is 2.81. The Kier molecular flexibility index (Phi) is 5.50. The summed E-state index contributed by atoms with van der Waals surface area (Å²) in [7, 11) is 0. The summed E-state index contributed by atoms with van der Waals surface area (Å²) < 4.78 is 4.88. The van der Waals surface area contributed by atoms with Crippen molar-refractivity contribution in [3.8, 4) is 0 Å². The summed E-state index contributed by atoms with van der Waals surface area (Å²) in [5.74, 6) is -0.106. The maximum absolute atomic E-state index is 12.7. The van der Waals surface area contributed by atoms with Crippen LogP contribution in [0, 0.1) is 6.92 Å². The lowest BCUT2D eigenvalue weighted by Gasteiger charge is -2.30. The maximum atomic E-state index is 12.7. The second-order valence-electron chi connectivity index (χ2n) is 6.31. The second-order valence-corrected chi connectivity index (χ2v) is 6.70. The Hall–Kier alpha value is -1.89. The van der Waals surface area contributed by atoms with Gasteiger partial charge in [-0.25, -0.2) is 5.01 Å². The zero-order chi connectivity index (χ0) is 16.9. The number of hydrazine groups is 1. The van der Waals surface area contributed by atoms with Gasteiger partial charge in [0.05, 0.1) is 5.69 Å². The number of hydrogen-bond donors (Lipinski definition) is 1. The van der Waals surface area contributed by atoms with Crippen LogP contribution in [0.5, 0.6) is 0 Å². The van der Waals surface area contributed by atoms with E-state index in [2.05, 4.69) is 16.5 Å². The van der Waals surface area contributed by atoms with E-state index in [0.717, 1.165) is 25.9 Å². The molecule has 1 aromatic rings. The van der Waals surface area contributed by atoms with E-state index in [1.54, 1.807) is 11.9 Å². The molecule has 1 aliphatic heterocycles. The summed E-state index contributed by atoms with van der Waals surface area (Å²) in [5.41, 5.74) is 2.62. The molecule has 130 valence electrons. The van der Waals surface area contributed by atoms with Crippen LogP contribution < -0.4 is 5.32 Å². The van der Waals surface area contributed by atoms with Crippen molar-refractivity contribution >= 4 is 23.2 Å². The van der Waals surface area contributed by atoms with Crippen LogP contribution in [0.15, 0.2) is 22.4 Å². The summed E-state index contributed by atoms with van der Waals surface area (Å²) in [6.07, 6.45) is 10.7. The van der Waals surface area contributed by atoms with Gasteiger partial charge in [-0.05, 0) is 57.7 Å². The topological polar surface area (TPSA) is 61.6 Å². The van der Waals surface area contributed by atoms with Gasteiger partial charge >= 0.3 is 0 Å². The van der Waals surface area contributed by atoms with Crippen molar-refractivity contribution in [1.82, 2.24) is 20.5 Å². The van der Waals surface area contributed by atoms with Gasteiger partial charge in [-0.15, -0.1) is 0 Å². The van der Waals surface area contributed by atoms with E-state index in [1.807, 2.05) is 5.01 Å². The van der Waals surface area contributed by atoms with Crippen LogP contribution in [-0.4, -0.2) is 45.8 Å². The first-order chi connectivity index (χ1) is 11.7. The van der Waals surface area contributed by atoms with Gasteiger partial charge in [0.25, 0.3) is 5.91 Å². The van der Waals surface area contributed by atoms with E-state index in [4.69, 9.17) is 16.7 Å². The number of aryl methyl sites for hydroxylation is 1. The molecular formula is C17H24N4O2S. The van der Waals surface area contributed by atoms with E-state index >= 15 is 0 Å². The lowest BCUT2D eigenvalue weighted by Crippen LogP contribution is -2.49. The van der Waals surface area contributed by atoms with Gasteiger partial charge in [0, 0.05) is 19.6 Å². The van der Waals surface area contributed by atoms with Crippen molar-refractivity contribution in [3.05, 3.63) is 29.2 Å². The molecule has 1 saturated heterocycles. The summed E-state index contributed by atoms with van der Waals surface area (Å²) >= 11 is 5.50. The Morgan fingerprint density at radius 3 is 2.88 bits per heavy atom. The van der Waals surface area contributed by atoms with Gasteiger partial charge in [0.2, 0.25) is 0 Å². The smallest absolute Gasteiger partial charge is 0.277 e. The molecule has 0 saturated carbocycles. The molecule has 0 unspecified atom stereocenters. The zero-order valence-electron chi connectivity index (χ0n) is 14.1. The molecule has 2 heterocycles. The Morgan fingerprint density at radius 1 is 1.33 bits per heavy atom. The van der Waals surface area contributed by atoms with Gasteiger partial charge in [-0.3, -0.25) is 9.80 Å². The van der Waals surface area contributed by atoms with Crippen molar-refractivity contribution in [1.29, 1.82) is 0 Å². The Bertz CT molecular complexity index is 640. The average Bonchev–Trinajstić information content (AvgIpc) is 3.24. The van der Waals surface area contributed by atoms with Gasteiger partial charge in [0.1, 0.15) is 11.8 Å². The van der Waals surface area contributed by atoms with Gasteiger partial charge < -0.3 is 9.84 Å². The Labute approximate surface area is 147 Å². The number of carbonyl (C=O) groups excluding carboxylic acids is 1. The third-order valence-electron chi connectivity index (χ3n) is 4.59. The fraction of sp³-hybridized carbons (Fsp3) is 0.588. The van der Waals surface area contributed by atoms with Gasteiger partial charge in [0.15, 0.2) is 5.11 Å². The highest BCUT2D eigenvalue weighted by molar-refractivity contribution is 7.80. The predicted molar refractivity (Wildman–Crippen MR) is 95.4 cm³/mol. The molecule has 0 bridgehead atoms. The molecule has 0 atom stereocenters. The number of aromatic nitrogens is 1. The minimum Gasteiger partial charge on any atom is -0.364 e. The molecule has 1 N–H and O–H groups in total.